The molecule has 0 bridgehead atoms. The van der Waals surface area contributed by atoms with E-state index in [-0.39, 0.29) is 17.5 Å². The van der Waals surface area contributed by atoms with Crippen molar-refractivity contribution in [3.8, 4) is 11.3 Å². The molecule has 132 valence electrons. The number of hydrogen-bond donors (Lipinski definition) is 2. The van der Waals surface area contributed by atoms with Gasteiger partial charge in [0.05, 0.1) is 11.6 Å². The lowest BCUT2D eigenvalue weighted by Crippen LogP contribution is -2.32. The Balaban J connectivity index is 1.64. The number of rotatable bonds is 3. The number of aryl methyl sites for hydroxylation is 2. The Labute approximate surface area is 150 Å². The Bertz CT molecular complexity index is 1010. The van der Waals surface area contributed by atoms with Crippen LogP contribution in [0, 0.1) is 0 Å². The van der Waals surface area contributed by atoms with Crippen LogP contribution in [0.4, 0.5) is 0 Å². The first kappa shape index (κ1) is 16.3. The number of hydrogen-bond acceptors (Lipinski definition) is 4. The molecule has 1 amide bonds. The summed E-state index contributed by atoms with van der Waals surface area (Å²) in [5.74, 6) is -0.180. The molecular weight excluding hydrogens is 330 g/mol. The first-order chi connectivity index (χ1) is 12.6. The number of aromatic nitrogens is 4. The second-order valence-electron chi connectivity index (χ2n) is 6.48. The second kappa shape index (κ2) is 6.59. The first-order valence-electron chi connectivity index (χ1n) is 8.59. The quantitative estimate of drug-likeness (QED) is 0.756. The minimum atomic E-state index is -0.180. The number of fused-ring (bicyclic) bond motifs is 1. The maximum Gasteiger partial charge on any atom is 0.255 e. The van der Waals surface area contributed by atoms with Gasteiger partial charge in [-0.1, -0.05) is 0 Å². The van der Waals surface area contributed by atoms with E-state index in [1.165, 1.54) is 6.07 Å². The third-order valence-electron chi connectivity index (χ3n) is 4.65. The van der Waals surface area contributed by atoms with Crippen LogP contribution in [0.1, 0.15) is 40.5 Å². The number of nitrogens with one attached hydrogen (secondary N) is 2. The molecule has 7 heteroatoms. The van der Waals surface area contributed by atoms with Gasteiger partial charge in [0, 0.05) is 43.0 Å². The molecule has 0 unspecified atom stereocenters. The van der Waals surface area contributed by atoms with Crippen LogP contribution in [0.25, 0.3) is 11.3 Å². The zero-order valence-electron chi connectivity index (χ0n) is 14.4. The number of pyridine rings is 2. The summed E-state index contributed by atoms with van der Waals surface area (Å²) in [6.45, 7) is 0. The third kappa shape index (κ3) is 3.03. The lowest BCUT2D eigenvalue weighted by atomic mass is 9.91. The Morgan fingerprint density at radius 2 is 2.23 bits per heavy atom. The van der Waals surface area contributed by atoms with Crippen LogP contribution >= 0.6 is 0 Å². The van der Waals surface area contributed by atoms with Crippen molar-refractivity contribution in [2.45, 2.75) is 25.3 Å². The molecule has 0 spiro atoms. The topological polar surface area (TPSA) is 92.7 Å². The van der Waals surface area contributed by atoms with Crippen LogP contribution in [0.5, 0.6) is 0 Å². The van der Waals surface area contributed by atoms with E-state index in [1.54, 1.807) is 30.3 Å². The molecule has 0 saturated carbocycles. The molecule has 0 fully saturated rings. The number of aromatic amines is 1. The van der Waals surface area contributed by atoms with E-state index in [0.717, 1.165) is 36.1 Å². The summed E-state index contributed by atoms with van der Waals surface area (Å²) in [5, 5.41) is 7.52. The van der Waals surface area contributed by atoms with Gasteiger partial charge in [-0.05, 0) is 43.0 Å². The van der Waals surface area contributed by atoms with Crippen LogP contribution in [-0.2, 0) is 13.5 Å². The van der Waals surface area contributed by atoms with E-state index in [0.29, 0.717) is 11.3 Å². The van der Waals surface area contributed by atoms with Gasteiger partial charge >= 0.3 is 0 Å². The molecular formula is C19H19N5O2. The molecule has 0 saturated heterocycles. The molecule has 0 aliphatic heterocycles. The maximum absolute atomic E-state index is 12.9. The minimum absolute atomic E-state index is 0.109. The summed E-state index contributed by atoms with van der Waals surface area (Å²) in [7, 11) is 1.79. The summed E-state index contributed by atoms with van der Waals surface area (Å²) in [6, 6.07) is 6.90. The molecule has 2 N–H and O–H groups in total. The van der Waals surface area contributed by atoms with E-state index in [9.17, 15) is 9.59 Å². The van der Waals surface area contributed by atoms with E-state index in [2.05, 4.69) is 20.4 Å². The van der Waals surface area contributed by atoms with Crippen molar-refractivity contribution in [2.24, 2.45) is 7.05 Å². The predicted molar refractivity (Wildman–Crippen MR) is 96.6 cm³/mol. The smallest absolute Gasteiger partial charge is 0.255 e. The number of nitrogens with zero attached hydrogens (tertiary/aromatic N) is 3. The monoisotopic (exact) mass is 349 g/mol. The fourth-order valence-electron chi connectivity index (χ4n) is 3.46. The SMILES string of the molecule is Cn1cc(C(=O)N[C@@H]2CCCc3[nH]c(=O)ccc32)c(-c2cccnc2)n1. The van der Waals surface area contributed by atoms with Crippen molar-refractivity contribution >= 4 is 5.91 Å². The summed E-state index contributed by atoms with van der Waals surface area (Å²) in [5.41, 5.74) is 3.70. The van der Waals surface area contributed by atoms with Gasteiger partial charge in [0.2, 0.25) is 5.56 Å². The Morgan fingerprint density at radius 3 is 3.04 bits per heavy atom. The molecule has 0 radical (unpaired) electrons. The highest BCUT2D eigenvalue weighted by Crippen LogP contribution is 2.28. The van der Waals surface area contributed by atoms with Gasteiger partial charge in [0.15, 0.2) is 0 Å². The van der Waals surface area contributed by atoms with Crippen molar-refractivity contribution in [1.29, 1.82) is 0 Å². The molecule has 7 nitrogen and oxygen atoms in total. The second-order valence-corrected chi connectivity index (χ2v) is 6.48. The fourth-order valence-corrected chi connectivity index (χ4v) is 3.46. The Morgan fingerprint density at radius 1 is 1.35 bits per heavy atom. The van der Waals surface area contributed by atoms with Crippen LogP contribution in [0.2, 0.25) is 0 Å². The largest absolute Gasteiger partial charge is 0.345 e. The van der Waals surface area contributed by atoms with Crippen LogP contribution in [0.3, 0.4) is 0 Å². The molecule has 1 aliphatic rings. The lowest BCUT2D eigenvalue weighted by Gasteiger charge is -2.25. The van der Waals surface area contributed by atoms with Gasteiger partial charge in [0.25, 0.3) is 5.91 Å². The Kier molecular flexibility index (Phi) is 4.12. The minimum Gasteiger partial charge on any atom is -0.345 e. The van der Waals surface area contributed by atoms with Crippen molar-refractivity contribution in [1.82, 2.24) is 25.1 Å². The predicted octanol–water partition coefficient (Wildman–Crippen LogP) is 1.98. The molecule has 3 aromatic rings. The standard InChI is InChI=1S/C19H19N5O2/c1-24-11-14(18(23-24)12-4-3-9-20-10-12)19(26)22-16-6-2-5-15-13(16)7-8-17(25)21-15/h3-4,7-11,16H,2,5-6H2,1H3,(H,21,25)(H,22,26)/t16-/m1/s1. The molecule has 0 aromatic carbocycles. The summed E-state index contributed by atoms with van der Waals surface area (Å²) in [4.78, 5) is 31.5. The highest BCUT2D eigenvalue weighted by atomic mass is 16.1. The zero-order chi connectivity index (χ0) is 18.1. The highest BCUT2D eigenvalue weighted by Gasteiger charge is 2.25. The molecule has 3 heterocycles. The number of amides is 1. The van der Waals surface area contributed by atoms with Crippen LogP contribution in [-0.4, -0.2) is 25.7 Å². The average Bonchev–Trinajstić information content (AvgIpc) is 3.04. The maximum atomic E-state index is 12.9. The summed E-state index contributed by atoms with van der Waals surface area (Å²) < 4.78 is 1.63. The third-order valence-corrected chi connectivity index (χ3v) is 4.65. The van der Waals surface area contributed by atoms with Gasteiger partial charge in [-0.2, -0.15) is 5.10 Å². The van der Waals surface area contributed by atoms with Gasteiger partial charge in [0.1, 0.15) is 5.69 Å². The zero-order valence-corrected chi connectivity index (χ0v) is 14.4. The number of carbonyl (C=O) groups excluding carboxylic acids is 1. The van der Waals surface area contributed by atoms with Gasteiger partial charge < -0.3 is 10.3 Å². The van der Waals surface area contributed by atoms with Crippen molar-refractivity contribution in [3.63, 3.8) is 0 Å². The van der Waals surface area contributed by atoms with Gasteiger partial charge in [-0.15, -0.1) is 0 Å². The van der Waals surface area contributed by atoms with E-state index in [4.69, 9.17) is 0 Å². The summed E-state index contributed by atoms with van der Waals surface area (Å²) >= 11 is 0. The van der Waals surface area contributed by atoms with Crippen molar-refractivity contribution in [2.75, 3.05) is 0 Å². The molecule has 4 rings (SSSR count). The molecule has 1 aliphatic carbocycles. The normalized spacial score (nSPS) is 16.1. The first-order valence-corrected chi connectivity index (χ1v) is 8.59. The molecule has 1 atom stereocenters. The Hall–Kier alpha value is -3.22. The average molecular weight is 349 g/mol. The molecule has 3 aromatic heterocycles. The van der Waals surface area contributed by atoms with Crippen LogP contribution in [0.15, 0.2) is 47.7 Å². The van der Waals surface area contributed by atoms with Crippen molar-refractivity contribution in [3.05, 3.63) is 70.0 Å². The molecule has 26 heavy (non-hydrogen) atoms. The highest BCUT2D eigenvalue weighted by molar-refractivity contribution is 6.00. The fraction of sp³-hybridized carbons (Fsp3) is 0.263. The number of H-pyrrole nitrogens is 1. The van der Waals surface area contributed by atoms with Gasteiger partial charge in [-0.3, -0.25) is 19.3 Å². The summed E-state index contributed by atoms with van der Waals surface area (Å²) in [6.07, 6.45) is 7.68. The van der Waals surface area contributed by atoms with Crippen LogP contribution < -0.4 is 10.9 Å². The number of carbonyl (C=O) groups is 1. The van der Waals surface area contributed by atoms with E-state index < -0.39 is 0 Å². The lowest BCUT2D eigenvalue weighted by molar-refractivity contribution is 0.0933. The van der Waals surface area contributed by atoms with Gasteiger partial charge in [-0.25, -0.2) is 0 Å². The van der Waals surface area contributed by atoms with E-state index >= 15 is 0 Å². The van der Waals surface area contributed by atoms with E-state index in [1.807, 2.05) is 18.2 Å². The van der Waals surface area contributed by atoms with Crippen molar-refractivity contribution < 1.29 is 4.79 Å².